The Hall–Kier alpha value is -2.60. The van der Waals surface area contributed by atoms with Gasteiger partial charge in [-0.3, -0.25) is 14.2 Å². The number of fused-ring (bicyclic) bond motifs is 1. The lowest BCUT2D eigenvalue weighted by Crippen LogP contribution is -2.37. The van der Waals surface area contributed by atoms with Gasteiger partial charge in [0, 0.05) is 0 Å². The summed E-state index contributed by atoms with van der Waals surface area (Å²) < 4.78 is 19.0. The maximum absolute atomic E-state index is 12.1. The second-order valence-electron chi connectivity index (χ2n) is 5.75. The molecule has 0 fully saturated rings. The van der Waals surface area contributed by atoms with Gasteiger partial charge in [0.15, 0.2) is 11.5 Å². The quantitative estimate of drug-likeness (QED) is 0.318. The number of anilines is 1. The Morgan fingerprint density at radius 2 is 2.07 bits per heavy atom. The molecule has 0 saturated heterocycles. The summed E-state index contributed by atoms with van der Waals surface area (Å²) in [6, 6.07) is -1.71. The van der Waals surface area contributed by atoms with Crippen LogP contribution in [0.5, 0.6) is 0 Å². The highest BCUT2D eigenvalue weighted by Gasteiger charge is 2.30. The first-order valence-corrected chi connectivity index (χ1v) is 9.50. The molecule has 14 heteroatoms. The third-order valence-corrected chi connectivity index (χ3v) is 4.67. The zero-order chi connectivity index (χ0) is 20.2. The van der Waals surface area contributed by atoms with Crippen molar-refractivity contribution in [1.29, 1.82) is 0 Å². The van der Waals surface area contributed by atoms with E-state index in [2.05, 4.69) is 15.0 Å². The van der Waals surface area contributed by atoms with Gasteiger partial charge in [-0.25, -0.2) is 20.0 Å². The maximum atomic E-state index is 12.1. The van der Waals surface area contributed by atoms with Crippen LogP contribution in [0.3, 0.4) is 0 Å². The van der Waals surface area contributed by atoms with Crippen LogP contribution < -0.4 is 10.8 Å². The van der Waals surface area contributed by atoms with Crippen molar-refractivity contribution in [2.75, 3.05) is 12.1 Å². The Morgan fingerprint density at radius 1 is 1.37 bits per heavy atom. The fraction of sp³-hybridized carbons (Fsp3) is 0.462. The molecule has 0 bridgehead atoms. The SMILES string of the molecule is C[C@H](Cn1cnc2c(N)ncnc21)OCP(=O)(O)N[C@@H](CC(=O)O)C(=O)O. The molecule has 2 heterocycles. The van der Waals surface area contributed by atoms with Gasteiger partial charge in [0.25, 0.3) is 7.52 Å². The molecule has 6 N–H and O–H groups in total. The second kappa shape index (κ2) is 8.39. The highest BCUT2D eigenvalue weighted by atomic mass is 31.2. The van der Waals surface area contributed by atoms with E-state index in [4.69, 9.17) is 20.7 Å². The molecule has 0 aliphatic carbocycles. The van der Waals surface area contributed by atoms with Gasteiger partial charge in [0.1, 0.15) is 24.2 Å². The third-order valence-electron chi connectivity index (χ3n) is 3.45. The van der Waals surface area contributed by atoms with Gasteiger partial charge < -0.3 is 30.1 Å². The summed E-state index contributed by atoms with van der Waals surface area (Å²) in [5.41, 5.74) is 6.58. The number of aromatic nitrogens is 4. The number of aliphatic carboxylic acids is 2. The first-order chi connectivity index (χ1) is 12.6. The van der Waals surface area contributed by atoms with E-state index in [1.807, 2.05) is 5.09 Å². The molecule has 0 amide bonds. The lowest BCUT2D eigenvalue weighted by molar-refractivity contribution is -0.145. The summed E-state index contributed by atoms with van der Waals surface area (Å²) >= 11 is 0. The van der Waals surface area contributed by atoms with Crippen molar-refractivity contribution in [2.45, 2.75) is 32.0 Å². The van der Waals surface area contributed by atoms with Crippen molar-refractivity contribution in [3.8, 4) is 0 Å². The van der Waals surface area contributed by atoms with Gasteiger partial charge in [0.05, 0.1) is 25.4 Å². The first kappa shape index (κ1) is 20.7. The minimum atomic E-state index is -4.25. The lowest BCUT2D eigenvalue weighted by atomic mass is 10.2. The van der Waals surface area contributed by atoms with Crippen LogP contribution in [0.2, 0.25) is 0 Å². The second-order valence-corrected chi connectivity index (χ2v) is 7.67. The molecule has 0 aromatic carbocycles. The Balaban J connectivity index is 1.96. The molecule has 2 aromatic rings. The molecular formula is C13H19N6O7P. The summed E-state index contributed by atoms with van der Waals surface area (Å²) in [6.45, 7) is 1.85. The number of carbonyl (C=O) groups is 2. The summed E-state index contributed by atoms with van der Waals surface area (Å²) in [7, 11) is -4.25. The number of nitrogens with zero attached hydrogens (tertiary/aromatic N) is 4. The van der Waals surface area contributed by atoms with Gasteiger partial charge in [0.2, 0.25) is 0 Å². The number of carboxylic acid groups (broad SMARTS) is 2. The number of rotatable bonds is 10. The first-order valence-electron chi connectivity index (χ1n) is 7.66. The fourth-order valence-electron chi connectivity index (χ4n) is 2.23. The summed E-state index contributed by atoms with van der Waals surface area (Å²) in [5.74, 6) is -2.76. The van der Waals surface area contributed by atoms with E-state index in [1.165, 1.54) is 12.7 Å². The van der Waals surface area contributed by atoms with Gasteiger partial charge in [-0.05, 0) is 6.92 Å². The molecule has 2 aromatic heterocycles. The highest BCUT2D eigenvalue weighted by Crippen LogP contribution is 2.36. The van der Waals surface area contributed by atoms with E-state index < -0.39 is 44.4 Å². The van der Waals surface area contributed by atoms with Gasteiger partial charge >= 0.3 is 11.9 Å². The van der Waals surface area contributed by atoms with Crippen molar-refractivity contribution >= 4 is 36.4 Å². The van der Waals surface area contributed by atoms with E-state index in [9.17, 15) is 19.0 Å². The average molecular weight is 402 g/mol. The Kier molecular flexibility index (Phi) is 6.44. The minimum Gasteiger partial charge on any atom is -0.481 e. The van der Waals surface area contributed by atoms with Crippen molar-refractivity contribution in [1.82, 2.24) is 24.6 Å². The normalized spacial score (nSPS) is 15.9. The third kappa shape index (κ3) is 5.69. The molecule has 148 valence electrons. The van der Waals surface area contributed by atoms with Gasteiger partial charge in [-0.1, -0.05) is 0 Å². The zero-order valence-electron chi connectivity index (χ0n) is 14.2. The number of imidazole rings is 1. The monoisotopic (exact) mass is 402 g/mol. The van der Waals surface area contributed by atoms with E-state index in [0.717, 1.165) is 0 Å². The van der Waals surface area contributed by atoms with Crippen LogP contribution in [0.25, 0.3) is 11.2 Å². The van der Waals surface area contributed by atoms with Crippen molar-refractivity contribution < 1.29 is 34.0 Å². The van der Waals surface area contributed by atoms with E-state index >= 15 is 0 Å². The van der Waals surface area contributed by atoms with Crippen molar-refractivity contribution in [2.24, 2.45) is 0 Å². The van der Waals surface area contributed by atoms with Crippen LogP contribution >= 0.6 is 7.52 Å². The average Bonchev–Trinajstić information content (AvgIpc) is 2.96. The van der Waals surface area contributed by atoms with Crippen LogP contribution in [0.15, 0.2) is 12.7 Å². The Labute approximate surface area is 152 Å². The van der Waals surface area contributed by atoms with Crippen LogP contribution in [0.1, 0.15) is 13.3 Å². The molecule has 0 aliphatic rings. The Morgan fingerprint density at radius 3 is 2.70 bits per heavy atom. The molecular weight excluding hydrogens is 383 g/mol. The van der Waals surface area contributed by atoms with E-state index in [-0.39, 0.29) is 12.4 Å². The predicted octanol–water partition coefficient (Wildman–Crippen LogP) is -0.526. The molecule has 13 nitrogen and oxygen atoms in total. The maximum Gasteiger partial charge on any atom is 0.321 e. The topological polar surface area (TPSA) is 203 Å². The van der Waals surface area contributed by atoms with Crippen molar-refractivity contribution in [3.05, 3.63) is 12.7 Å². The van der Waals surface area contributed by atoms with E-state index in [1.54, 1.807) is 11.5 Å². The van der Waals surface area contributed by atoms with Crippen LogP contribution in [-0.2, 0) is 25.4 Å². The number of carboxylic acids is 2. The molecule has 0 aliphatic heterocycles. The number of hydrogen-bond acceptors (Lipinski definition) is 8. The van der Waals surface area contributed by atoms with Gasteiger partial charge in [-0.2, -0.15) is 0 Å². The number of nitrogens with one attached hydrogen (secondary N) is 1. The summed E-state index contributed by atoms with van der Waals surface area (Å²) in [6.07, 6.45) is 0.629. The number of nitrogens with two attached hydrogens (primary N) is 1. The summed E-state index contributed by atoms with van der Waals surface area (Å²) in [5, 5.41) is 19.5. The van der Waals surface area contributed by atoms with E-state index in [0.29, 0.717) is 11.2 Å². The van der Waals surface area contributed by atoms with Gasteiger partial charge in [-0.15, -0.1) is 0 Å². The molecule has 2 rings (SSSR count). The molecule has 0 radical (unpaired) electrons. The van der Waals surface area contributed by atoms with Crippen LogP contribution in [0, 0.1) is 0 Å². The number of hydrogen-bond donors (Lipinski definition) is 5. The lowest BCUT2D eigenvalue weighted by Gasteiger charge is -2.20. The number of ether oxygens (including phenoxy) is 1. The van der Waals surface area contributed by atoms with Crippen LogP contribution in [0.4, 0.5) is 5.82 Å². The largest absolute Gasteiger partial charge is 0.481 e. The number of nitrogen functional groups attached to an aromatic ring is 1. The van der Waals surface area contributed by atoms with Crippen LogP contribution in [-0.4, -0.2) is 65.1 Å². The molecule has 3 atom stereocenters. The predicted molar refractivity (Wildman–Crippen MR) is 91.8 cm³/mol. The smallest absolute Gasteiger partial charge is 0.321 e. The highest BCUT2D eigenvalue weighted by molar-refractivity contribution is 7.55. The zero-order valence-corrected chi connectivity index (χ0v) is 15.1. The fourth-order valence-corrected chi connectivity index (χ4v) is 3.45. The molecule has 27 heavy (non-hydrogen) atoms. The minimum absolute atomic E-state index is 0.217. The standard InChI is InChI=1S/C13H19N6O7P/c1-7(3-19-5-17-10-11(14)15-4-16-12(10)19)26-6-27(24,25)18-8(13(22)23)2-9(20)21/h4-5,7-8H,2-3,6H2,1H3,(H,20,21)(H,22,23)(H2,14,15,16)(H2,18,24,25)/t7-,8+/m1/s1. The molecule has 0 spiro atoms. The Bertz CT molecular complexity index is 887. The summed E-state index contributed by atoms with van der Waals surface area (Å²) in [4.78, 5) is 43.4. The van der Waals surface area contributed by atoms with Crippen molar-refractivity contribution in [3.63, 3.8) is 0 Å². The molecule has 0 saturated carbocycles. The molecule has 1 unspecified atom stereocenters.